The molecule has 6 nitrogen and oxygen atoms in total. The Balaban J connectivity index is 1.77. The summed E-state index contributed by atoms with van der Waals surface area (Å²) in [5, 5.41) is 12.1. The van der Waals surface area contributed by atoms with E-state index < -0.39 is 11.9 Å². The molecule has 2 rings (SSSR count). The monoisotopic (exact) mass is 334 g/mol. The number of nitrogens with zero attached hydrogens (tertiary/aromatic N) is 1. The smallest absolute Gasteiger partial charge is 0.317 e. The van der Waals surface area contributed by atoms with E-state index in [1.165, 1.54) is 5.56 Å². The van der Waals surface area contributed by atoms with Gasteiger partial charge in [0.25, 0.3) is 0 Å². The van der Waals surface area contributed by atoms with E-state index in [-0.39, 0.29) is 12.1 Å². The van der Waals surface area contributed by atoms with Crippen LogP contribution in [0.5, 0.6) is 5.75 Å². The van der Waals surface area contributed by atoms with Crippen LogP contribution in [0.25, 0.3) is 0 Å². The highest BCUT2D eigenvalue weighted by molar-refractivity contribution is 5.76. The zero-order valence-corrected chi connectivity index (χ0v) is 14.3. The minimum Gasteiger partial charge on any atom is -0.497 e. The van der Waals surface area contributed by atoms with Crippen molar-refractivity contribution in [3.63, 3.8) is 0 Å². The van der Waals surface area contributed by atoms with Crippen molar-refractivity contribution in [2.45, 2.75) is 38.6 Å². The van der Waals surface area contributed by atoms with Gasteiger partial charge in [-0.3, -0.25) is 4.79 Å². The largest absolute Gasteiger partial charge is 0.497 e. The van der Waals surface area contributed by atoms with Crippen molar-refractivity contribution in [1.29, 1.82) is 0 Å². The fourth-order valence-electron chi connectivity index (χ4n) is 2.91. The number of nitrogens with one attached hydrogen (secondary N) is 1. The van der Waals surface area contributed by atoms with Crippen molar-refractivity contribution >= 4 is 12.0 Å². The van der Waals surface area contributed by atoms with Crippen molar-refractivity contribution in [2.75, 3.05) is 20.2 Å². The molecule has 1 aliphatic heterocycles. The van der Waals surface area contributed by atoms with E-state index in [0.717, 1.165) is 25.0 Å². The number of hydrogen-bond acceptors (Lipinski definition) is 3. The summed E-state index contributed by atoms with van der Waals surface area (Å²) < 4.78 is 5.14. The van der Waals surface area contributed by atoms with Gasteiger partial charge >= 0.3 is 12.0 Å². The van der Waals surface area contributed by atoms with E-state index in [9.17, 15) is 9.59 Å². The lowest BCUT2D eigenvalue weighted by atomic mass is 9.98. The first-order valence-electron chi connectivity index (χ1n) is 8.40. The molecule has 1 heterocycles. The number of benzene rings is 1. The highest BCUT2D eigenvalue weighted by Crippen LogP contribution is 2.17. The third-order valence-corrected chi connectivity index (χ3v) is 4.45. The number of amides is 2. The van der Waals surface area contributed by atoms with Gasteiger partial charge in [0.15, 0.2) is 0 Å². The van der Waals surface area contributed by atoms with Crippen LogP contribution in [0.3, 0.4) is 0 Å². The summed E-state index contributed by atoms with van der Waals surface area (Å²) in [5.41, 5.74) is 1.20. The summed E-state index contributed by atoms with van der Waals surface area (Å²) in [7, 11) is 1.64. The number of carbonyl (C=O) groups is 2. The van der Waals surface area contributed by atoms with Crippen molar-refractivity contribution in [3.8, 4) is 5.75 Å². The van der Waals surface area contributed by atoms with Gasteiger partial charge < -0.3 is 20.1 Å². The van der Waals surface area contributed by atoms with Crippen molar-refractivity contribution < 1.29 is 19.4 Å². The van der Waals surface area contributed by atoms with Gasteiger partial charge in [0.05, 0.1) is 13.0 Å². The molecule has 24 heavy (non-hydrogen) atoms. The quantitative estimate of drug-likeness (QED) is 0.838. The zero-order valence-electron chi connectivity index (χ0n) is 14.3. The van der Waals surface area contributed by atoms with E-state index in [4.69, 9.17) is 9.84 Å². The van der Waals surface area contributed by atoms with Gasteiger partial charge in [-0.2, -0.15) is 0 Å². The first kappa shape index (κ1) is 18.1. The molecule has 0 aliphatic carbocycles. The van der Waals surface area contributed by atoms with Crippen LogP contribution in [0.4, 0.5) is 4.79 Å². The maximum atomic E-state index is 12.3. The molecule has 2 unspecified atom stereocenters. The van der Waals surface area contributed by atoms with E-state index in [0.29, 0.717) is 19.5 Å². The average molecular weight is 334 g/mol. The molecule has 1 fully saturated rings. The fraction of sp³-hybridized carbons (Fsp3) is 0.556. The topological polar surface area (TPSA) is 78.9 Å². The third kappa shape index (κ3) is 5.15. The average Bonchev–Trinajstić information content (AvgIpc) is 2.60. The standard InChI is InChI=1S/C18H26N2O4/c1-13(5-6-14-7-9-16(24-2)10-8-14)19-18(23)20-11-3-4-15(12-20)17(21)22/h7-10,13,15H,3-6,11-12H2,1-2H3,(H,19,23)(H,21,22). The van der Waals surface area contributed by atoms with Gasteiger partial charge in [0, 0.05) is 19.1 Å². The Labute approximate surface area is 142 Å². The number of rotatable bonds is 6. The van der Waals surface area contributed by atoms with E-state index in [1.807, 2.05) is 31.2 Å². The minimum atomic E-state index is -0.819. The SMILES string of the molecule is COc1ccc(CCC(C)NC(=O)N2CCCC(C(=O)O)C2)cc1. The van der Waals surface area contributed by atoms with E-state index >= 15 is 0 Å². The lowest BCUT2D eigenvalue weighted by Gasteiger charge is -2.31. The Morgan fingerprint density at radius 1 is 1.38 bits per heavy atom. The number of ether oxygens (including phenoxy) is 1. The number of aryl methyl sites for hydroxylation is 1. The number of methoxy groups -OCH3 is 1. The van der Waals surface area contributed by atoms with Crippen LogP contribution in [-0.2, 0) is 11.2 Å². The van der Waals surface area contributed by atoms with Crippen LogP contribution in [0.1, 0.15) is 31.7 Å². The number of aliphatic carboxylic acids is 1. The minimum absolute atomic E-state index is 0.0322. The second-order valence-corrected chi connectivity index (χ2v) is 6.36. The maximum Gasteiger partial charge on any atom is 0.317 e. The summed E-state index contributed by atoms with van der Waals surface area (Å²) in [6, 6.07) is 7.77. The second kappa shape index (κ2) is 8.57. The molecule has 132 valence electrons. The Morgan fingerprint density at radius 2 is 2.08 bits per heavy atom. The molecular formula is C18H26N2O4. The molecule has 0 bridgehead atoms. The van der Waals surface area contributed by atoms with Crippen LogP contribution in [0.2, 0.25) is 0 Å². The van der Waals surface area contributed by atoms with Crippen molar-refractivity contribution in [2.24, 2.45) is 5.92 Å². The molecule has 0 spiro atoms. The number of piperidine rings is 1. The first-order valence-corrected chi connectivity index (χ1v) is 8.40. The molecule has 1 aromatic rings. The Bertz CT molecular complexity index is 559. The Kier molecular flexibility index (Phi) is 6.46. The summed E-state index contributed by atoms with van der Waals surface area (Å²) >= 11 is 0. The van der Waals surface area contributed by atoms with Gasteiger partial charge in [-0.05, 0) is 50.3 Å². The molecule has 0 radical (unpaired) electrons. The zero-order chi connectivity index (χ0) is 17.5. The number of carboxylic acid groups (broad SMARTS) is 1. The molecule has 0 saturated carbocycles. The number of carboxylic acids is 1. The highest BCUT2D eigenvalue weighted by atomic mass is 16.5. The van der Waals surface area contributed by atoms with Crippen molar-refractivity contribution in [1.82, 2.24) is 10.2 Å². The number of urea groups is 1. The summed E-state index contributed by atoms with van der Waals surface area (Å²) in [6.07, 6.45) is 3.08. The maximum absolute atomic E-state index is 12.3. The van der Waals surface area contributed by atoms with Gasteiger partial charge in [-0.25, -0.2) is 4.79 Å². The molecule has 1 aromatic carbocycles. The van der Waals surface area contributed by atoms with E-state index in [2.05, 4.69) is 5.32 Å². The summed E-state index contributed by atoms with van der Waals surface area (Å²) in [5.74, 6) is -0.433. The number of carbonyl (C=O) groups excluding carboxylic acids is 1. The molecular weight excluding hydrogens is 308 g/mol. The summed E-state index contributed by atoms with van der Waals surface area (Å²) in [4.78, 5) is 25.0. The van der Waals surface area contributed by atoms with Gasteiger partial charge in [0.2, 0.25) is 0 Å². The molecule has 2 amide bonds. The van der Waals surface area contributed by atoms with Crippen LogP contribution < -0.4 is 10.1 Å². The molecule has 2 N–H and O–H groups in total. The predicted octanol–water partition coefficient (Wildman–Crippen LogP) is 2.52. The van der Waals surface area contributed by atoms with Crippen LogP contribution in [-0.4, -0.2) is 48.2 Å². The second-order valence-electron chi connectivity index (χ2n) is 6.36. The molecule has 2 atom stereocenters. The van der Waals surface area contributed by atoms with Crippen LogP contribution in [0, 0.1) is 5.92 Å². The summed E-state index contributed by atoms with van der Waals surface area (Å²) in [6.45, 7) is 2.90. The Morgan fingerprint density at radius 3 is 2.71 bits per heavy atom. The van der Waals surface area contributed by atoms with Crippen molar-refractivity contribution in [3.05, 3.63) is 29.8 Å². The molecule has 6 heteroatoms. The normalized spacial score (nSPS) is 18.8. The number of hydrogen-bond donors (Lipinski definition) is 2. The fourth-order valence-corrected chi connectivity index (χ4v) is 2.91. The number of likely N-dealkylation sites (tertiary alicyclic amines) is 1. The van der Waals surface area contributed by atoms with Gasteiger partial charge in [0.1, 0.15) is 5.75 Å². The highest BCUT2D eigenvalue weighted by Gasteiger charge is 2.28. The molecule has 1 aliphatic rings. The van der Waals surface area contributed by atoms with Crippen LogP contribution >= 0.6 is 0 Å². The van der Waals surface area contributed by atoms with Gasteiger partial charge in [-0.15, -0.1) is 0 Å². The predicted molar refractivity (Wildman–Crippen MR) is 91.2 cm³/mol. The molecule has 1 saturated heterocycles. The van der Waals surface area contributed by atoms with Gasteiger partial charge in [-0.1, -0.05) is 12.1 Å². The lowest BCUT2D eigenvalue weighted by Crippen LogP contribution is -2.49. The lowest BCUT2D eigenvalue weighted by molar-refractivity contribution is -0.143. The molecule has 0 aromatic heterocycles. The Hall–Kier alpha value is -2.24. The van der Waals surface area contributed by atoms with Crippen LogP contribution in [0.15, 0.2) is 24.3 Å². The van der Waals surface area contributed by atoms with E-state index in [1.54, 1.807) is 12.0 Å². The third-order valence-electron chi connectivity index (χ3n) is 4.45. The first-order chi connectivity index (χ1) is 11.5.